The number of rotatable bonds is 2. The van der Waals surface area contributed by atoms with Crippen LogP contribution in [0, 0.1) is 20.8 Å². The van der Waals surface area contributed by atoms with Crippen LogP contribution in [0.4, 0.5) is 0 Å². The first-order chi connectivity index (χ1) is 6.65. The minimum atomic E-state index is 0.822. The summed E-state index contributed by atoms with van der Waals surface area (Å²) < 4.78 is 7.67. The van der Waals surface area contributed by atoms with Crippen molar-refractivity contribution in [2.24, 2.45) is 0 Å². The van der Waals surface area contributed by atoms with Crippen molar-refractivity contribution >= 4 is 0 Å². The van der Waals surface area contributed by atoms with E-state index in [0.29, 0.717) is 0 Å². The van der Waals surface area contributed by atoms with E-state index >= 15 is 0 Å². The topological polar surface area (TPSA) is 18.1 Å². The maximum Gasteiger partial charge on any atom is 0.123 e. The van der Waals surface area contributed by atoms with Crippen LogP contribution in [0.25, 0.3) is 0 Å². The molecule has 0 saturated carbocycles. The first kappa shape index (κ1) is 9.13. The van der Waals surface area contributed by atoms with Crippen LogP contribution in [0.2, 0.25) is 0 Å². The van der Waals surface area contributed by atoms with Crippen molar-refractivity contribution in [3.63, 3.8) is 0 Å². The smallest absolute Gasteiger partial charge is 0.123 e. The van der Waals surface area contributed by atoms with E-state index in [9.17, 15) is 0 Å². The summed E-state index contributed by atoms with van der Waals surface area (Å²) >= 11 is 0. The van der Waals surface area contributed by atoms with Crippen molar-refractivity contribution in [3.05, 3.63) is 47.2 Å². The zero-order chi connectivity index (χ0) is 10.1. The first-order valence-corrected chi connectivity index (χ1v) is 4.83. The normalized spacial score (nSPS) is 10.8. The van der Waals surface area contributed by atoms with Gasteiger partial charge in [-0.2, -0.15) is 0 Å². The van der Waals surface area contributed by atoms with Gasteiger partial charge in [0.2, 0.25) is 0 Å². The first-order valence-electron chi connectivity index (χ1n) is 4.83. The summed E-state index contributed by atoms with van der Waals surface area (Å²) in [4.78, 5) is 0. The third kappa shape index (κ3) is 1.74. The average Bonchev–Trinajstić information content (AvgIpc) is 2.62. The average molecular weight is 189 g/mol. The lowest BCUT2D eigenvalue weighted by atomic mass is 10.2. The van der Waals surface area contributed by atoms with Gasteiger partial charge in [-0.1, -0.05) is 0 Å². The van der Waals surface area contributed by atoms with Gasteiger partial charge in [0, 0.05) is 12.4 Å². The van der Waals surface area contributed by atoms with E-state index in [1.807, 2.05) is 19.1 Å². The Balaban J connectivity index is 2.18. The van der Waals surface area contributed by atoms with Crippen LogP contribution in [-0.4, -0.2) is 4.57 Å². The lowest BCUT2D eigenvalue weighted by Gasteiger charge is -1.98. The number of aromatic nitrogens is 1. The molecule has 0 fully saturated rings. The van der Waals surface area contributed by atoms with Crippen LogP contribution in [0.5, 0.6) is 0 Å². The summed E-state index contributed by atoms with van der Waals surface area (Å²) in [5.41, 5.74) is 2.65. The van der Waals surface area contributed by atoms with Crippen LogP contribution in [0.1, 0.15) is 22.6 Å². The molecular weight excluding hydrogens is 174 g/mol. The Hall–Kier alpha value is -1.44. The predicted octanol–water partition coefficient (Wildman–Crippen LogP) is 3.05. The molecule has 0 N–H and O–H groups in total. The maximum absolute atomic E-state index is 5.52. The highest BCUT2D eigenvalue weighted by Crippen LogP contribution is 2.12. The highest BCUT2D eigenvalue weighted by molar-refractivity contribution is 5.21. The molecule has 2 rings (SSSR count). The fourth-order valence-electron chi connectivity index (χ4n) is 1.58. The van der Waals surface area contributed by atoms with Gasteiger partial charge in [-0.25, -0.2) is 0 Å². The standard InChI is InChI=1S/C12H15NO/c1-9-6-13(7-10(9)2)8-12-5-4-11(3)14-12/h4-7H,8H2,1-3H3. The van der Waals surface area contributed by atoms with Crippen LogP contribution >= 0.6 is 0 Å². The molecule has 0 aliphatic carbocycles. The molecule has 74 valence electrons. The van der Waals surface area contributed by atoms with Gasteiger partial charge in [0.15, 0.2) is 0 Å². The Bertz CT molecular complexity index is 417. The van der Waals surface area contributed by atoms with Crippen molar-refractivity contribution in [1.82, 2.24) is 4.57 Å². The summed E-state index contributed by atoms with van der Waals surface area (Å²) in [7, 11) is 0. The zero-order valence-electron chi connectivity index (χ0n) is 8.87. The second-order valence-electron chi connectivity index (χ2n) is 3.81. The number of nitrogens with zero attached hydrogens (tertiary/aromatic N) is 1. The Labute approximate surface area is 84.2 Å². The molecule has 2 heteroatoms. The maximum atomic E-state index is 5.52. The molecule has 2 nitrogen and oxygen atoms in total. The van der Waals surface area contributed by atoms with E-state index in [2.05, 4.69) is 30.8 Å². The summed E-state index contributed by atoms with van der Waals surface area (Å²) in [6.07, 6.45) is 4.29. The highest BCUT2D eigenvalue weighted by atomic mass is 16.3. The zero-order valence-corrected chi connectivity index (χ0v) is 8.87. The van der Waals surface area contributed by atoms with Crippen LogP contribution in [0.15, 0.2) is 28.9 Å². The van der Waals surface area contributed by atoms with Gasteiger partial charge in [0.05, 0.1) is 6.54 Å². The van der Waals surface area contributed by atoms with Crippen LogP contribution in [-0.2, 0) is 6.54 Å². The third-order valence-corrected chi connectivity index (χ3v) is 2.48. The molecule has 0 aliphatic rings. The fraction of sp³-hybridized carbons (Fsp3) is 0.333. The van der Waals surface area contributed by atoms with E-state index < -0.39 is 0 Å². The van der Waals surface area contributed by atoms with Crippen molar-refractivity contribution in [2.45, 2.75) is 27.3 Å². The largest absolute Gasteiger partial charge is 0.464 e. The fourth-order valence-corrected chi connectivity index (χ4v) is 1.58. The molecule has 0 spiro atoms. The number of furan rings is 1. The Morgan fingerprint density at radius 3 is 2.21 bits per heavy atom. The number of aryl methyl sites for hydroxylation is 3. The second-order valence-corrected chi connectivity index (χ2v) is 3.81. The van der Waals surface area contributed by atoms with Gasteiger partial charge in [-0.3, -0.25) is 0 Å². The lowest BCUT2D eigenvalue weighted by molar-refractivity contribution is 0.470. The molecular formula is C12H15NO. The minimum Gasteiger partial charge on any atom is -0.464 e. The van der Waals surface area contributed by atoms with E-state index in [4.69, 9.17) is 4.42 Å². The monoisotopic (exact) mass is 189 g/mol. The Morgan fingerprint density at radius 1 is 1.07 bits per heavy atom. The SMILES string of the molecule is Cc1ccc(Cn2cc(C)c(C)c2)o1. The van der Waals surface area contributed by atoms with Crippen molar-refractivity contribution < 1.29 is 4.42 Å². The third-order valence-electron chi connectivity index (χ3n) is 2.48. The van der Waals surface area contributed by atoms with Crippen LogP contribution in [0.3, 0.4) is 0 Å². The molecule has 0 radical (unpaired) electrons. The molecule has 0 aliphatic heterocycles. The molecule has 0 atom stereocenters. The molecule has 2 heterocycles. The van der Waals surface area contributed by atoms with E-state index in [1.54, 1.807) is 0 Å². The van der Waals surface area contributed by atoms with Crippen molar-refractivity contribution in [1.29, 1.82) is 0 Å². The van der Waals surface area contributed by atoms with Crippen molar-refractivity contribution in [2.75, 3.05) is 0 Å². The van der Waals surface area contributed by atoms with Gasteiger partial charge in [-0.05, 0) is 44.0 Å². The molecule has 0 bridgehead atoms. The molecule has 2 aromatic heterocycles. The van der Waals surface area contributed by atoms with Gasteiger partial charge in [-0.15, -0.1) is 0 Å². The molecule has 2 aromatic rings. The summed E-state index contributed by atoms with van der Waals surface area (Å²) in [5, 5.41) is 0. The van der Waals surface area contributed by atoms with Gasteiger partial charge in [0.25, 0.3) is 0 Å². The summed E-state index contributed by atoms with van der Waals surface area (Å²) in [5.74, 6) is 1.98. The molecule has 0 unspecified atom stereocenters. The molecule has 0 aromatic carbocycles. The molecule has 0 amide bonds. The second kappa shape index (κ2) is 3.37. The number of hydrogen-bond acceptors (Lipinski definition) is 1. The van der Waals surface area contributed by atoms with Gasteiger partial charge in [0.1, 0.15) is 11.5 Å². The van der Waals surface area contributed by atoms with Crippen LogP contribution < -0.4 is 0 Å². The lowest BCUT2D eigenvalue weighted by Crippen LogP contribution is -1.93. The van der Waals surface area contributed by atoms with E-state index in [0.717, 1.165) is 18.1 Å². The van der Waals surface area contributed by atoms with Gasteiger partial charge >= 0.3 is 0 Å². The van der Waals surface area contributed by atoms with Crippen molar-refractivity contribution in [3.8, 4) is 0 Å². The number of hydrogen-bond donors (Lipinski definition) is 0. The molecule has 0 saturated heterocycles. The Kier molecular flexibility index (Phi) is 2.20. The van der Waals surface area contributed by atoms with E-state index in [-0.39, 0.29) is 0 Å². The summed E-state index contributed by atoms with van der Waals surface area (Å²) in [6, 6.07) is 4.03. The summed E-state index contributed by atoms with van der Waals surface area (Å²) in [6.45, 7) is 7.04. The predicted molar refractivity (Wildman–Crippen MR) is 56.5 cm³/mol. The molecule has 14 heavy (non-hydrogen) atoms. The minimum absolute atomic E-state index is 0.822. The van der Waals surface area contributed by atoms with E-state index in [1.165, 1.54) is 11.1 Å². The van der Waals surface area contributed by atoms with Gasteiger partial charge < -0.3 is 8.98 Å². The quantitative estimate of drug-likeness (QED) is 0.710. The highest BCUT2D eigenvalue weighted by Gasteiger charge is 2.01. The Morgan fingerprint density at radius 2 is 1.71 bits per heavy atom.